The van der Waals surface area contributed by atoms with Crippen molar-refractivity contribution in [2.75, 3.05) is 18.2 Å². The van der Waals surface area contributed by atoms with Crippen LogP contribution in [0.5, 0.6) is 0 Å². The number of nitrogens with one attached hydrogen (secondary N) is 2. The number of aromatic nitrogens is 1. The van der Waals surface area contributed by atoms with E-state index in [1.54, 1.807) is 35.0 Å². The zero-order valence-corrected chi connectivity index (χ0v) is 18.2. The summed E-state index contributed by atoms with van der Waals surface area (Å²) in [5, 5.41) is 8.83. The molecule has 3 aromatic rings. The van der Waals surface area contributed by atoms with Gasteiger partial charge in [-0.1, -0.05) is 30.3 Å². The zero-order chi connectivity index (χ0) is 22.0. The number of thioether (sulfide) groups is 1. The maximum absolute atomic E-state index is 13.1. The Kier molecular flexibility index (Phi) is 6.03. The summed E-state index contributed by atoms with van der Waals surface area (Å²) in [4.78, 5) is 30.6. The van der Waals surface area contributed by atoms with Gasteiger partial charge in [-0.25, -0.2) is 13.6 Å². The molecule has 2 heterocycles. The molecule has 1 aliphatic rings. The lowest BCUT2D eigenvalue weighted by atomic mass is 10.1. The van der Waals surface area contributed by atoms with Crippen LogP contribution in [0, 0.1) is 0 Å². The number of primary sulfonamides is 1. The van der Waals surface area contributed by atoms with E-state index >= 15 is 0 Å². The van der Waals surface area contributed by atoms with Crippen LogP contribution in [0.25, 0.3) is 10.9 Å². The van der Waals surface area contributed by atoms with E-state index in [0.29, 0.717) is 30.2 Å². The molecule has 1 atom stereocenters. The fraction of sp³-hybridized carbons (Fsp3) is 0.238. The lowest BCUT2D eigenvalue weighted by molar-refractivity contribution is -0.124. The number of carbonyl (C=O) groups excluding carboxylic acids is 2. The number of para-hydroxylation sites is 1. The third-order valence-corrected chi connectivity index (χ3v) is 7.17. The van der Waals surface area contributed by atoms with Gasteiger partial charge in [0.2, 0.25) is 15.9 Å². The van der Waals surface area contributed by atoms with E-state index in [0.717, 1.165) is 16.5 Å². The molecule has 1 aromatic heterocycles. The maximum Gasteiger partial charge on any atom is 0.257 e. The summed E-state index contributed by atoms with van der Waals surface area (Å²) in [6.07, 6.45) is 2.23. The van der Waals surface area contributed by atoms with Crippen LogP contribution in [0.3, 0.4) is 0 Å². The van der Waals surface area contributed by atoms with E-state index in [1.807, 2.05) is 24.3 Å². The number of carbonyl (C=O) groups is 2. The summed E-state index contributed by atoms with van der Waals surface area (Å²) in [6.45, 7) is 0.379. The topological polar surface area (TPSA) is 125 Å². The van der Waals surface area contributed by atoms with Crippen molar-refractivity contribution in [1.29, 1.82) is 0 Å². The van der Waals surface area contributed by atoms with Crippen molar-refractivity contribution in [2.24, 2.45) is 5.14 Å². The first-order valence-corrected chi connectivity index (χ1v) is 12.4. The van der Waals surface area contributed by atoms with Crippen molar-refractivity contribution in [3.05, 3.63) is 65.9 Å². The van der Waals surface area contributed by atoms with Gasteiger partial charge in [0, 0.05) is 29.4 Å². The smallest absolute Gasteiger partial charge is 0.257 e. The zero-order valence-electron chi connectivity index (χ0n) is 16.6. The SMILES string of the molecule is NS(=O)(=O)c1ccc(CCNC(=O)[C@H]2CSCN2C(=O)c2c[nH]c3ccccc23)cc1. The first-order chi connectivity index (χ1) is 14.8. The first-order valence-electron chi connectivity index (χ1n) is 9.69. The van der Waals surface area contributed by atoms with Crippen molar-refractivity contribution in [2.45, 2.75) is 17.4 Å². The molecule has 0 unspecified atom stereocenters. The molecule has 162 valence electrons. The normalized spacial score (nSPS) is 16.5. The summed E-state index contributed by atoms with van der Waals surface area (Å²) < 4.78 is 22.6. The highest BCUT2D eigenvalue weighted by Crippen LogP contribution is 2.26. The van der Waals surface area contributed by atoms with Crippen LogP contribution in [-0.4, -0.2) is 54.3 Å². The fourth-order valence-electron chi connectivity index (χ4n) is 3.56. The van der Waals surface area contributed by atoms with Crippen LogP contribution in [0.4, 0.5) is 0 Å². The standard InChI is InChI=1S/C21H22N4O4S2/c22-31(28,29)15-7-5-14(6-8-15)9-10-23-20(26)19-12-30-13-25(19)21(27)17-11-24-18-4-2-1-3-16(17)18/h1-8,11,19,24H,9-10,12-13H2,(H,23,26)(H2,22,28,29)/t19-/m1/s1. The van der Waals surface area contributed by atoms with Crippen molar-refractivity contribution in [3.63, 3.8) is 0 Å². The monoisotopic (exact) mass is 458 g/mol. The number of fused-ring (bicyclic) bond motifs is 1. The van der Waals surface area contributed by atoms with E-state index in [-0.39, 0.29) is 16.7 Å². The summed E-state index contributed by atoms with van der Waals surface area (Å²) >= 11 is 1.55. The van der Waals surface area contributed by atoms with Gasteiger partial charge in [-0.3, -0.25) is 9.59 Å². The Hall–Kier alpha value is -2.82. The number of sulfonamides is 1. The molecule has 4 rings (SSSR count). The van der Waals surface area contributed by atoms with Crippen molar-refractivity contribution >= 4 is 44.5 Å². The molecule has 2 amide bonds. The van der Waals surface area contributed by atoms with Crippen LogP contribution < -0.4 is 10.5 Å². The quantitative estimate of drug-likeness (QED) is 0.518. The van der Waals surface area contributed by atoms with E-state index < -0.39 is 16.1 Å². The molecule has 0 aliphatic carbocycles. The largest absolute Gasteiger partial charge is 0.360 e. The Bertz CT molecular complexity index is 1220. The third-order valence-electron chi connectivity index (χ3n) is 5.23. The molecule has 0 bridgehead atoms. The second-order valence-electron chi connectivity index (χ2n) is 7.27. The minimum absolute atomic E-state index is 0.0506. The van der Waals surface area contributed by atoms with Crippen LogP contribution >= 0.6 is 11.8 Å². The van der Waals surface area contributed by atoms with E-state index in [1.165, 1.54) is 12.1 Å². The lowest BCUT2D eigenvalue weighted by Crippen LogP contribution is -2.47. The molecule has 1 fully saturated rings. The van der Waals surface area contributed by atoms with Gasteiger partial charge in [-0.05, 0) is 30.2 Å². The number of hydrogen-bond acceptors (Lipinski definition) is 5. The van der Waals surface area contributed by atoms with Crippen LogP contribution in [0.1, 0.15) is 15.9 Å². The highest BCUT2D eigenvalue weighted by Gasteiger charge is 2.35. The highest BCUT2D eigenvalue weighted by molar-refractivity contribution is 7.99. The van der Waals surface area contributed by atoms with Gasteiger partial charge in [-0.2, -0.15) is 0 Å². The first kappa shape index (κ1) is 21.4. The molecule has 1 aliphatic heterocycles. The van der Waals surface area contributed by atoms with Gasteiger partial charge < -0.3 is 15.2 Å². The van der Waals surface area contributed by atoms with Crippen LogP contribution in [0.15, 0.2) is 59.6 Å². The molecule has 0 radical (unpaired) electrons. The molecular weight excluding hydrogens is 436 g/mol. The molecule has 8 nitrogen and oxygen atoms in total. The van der Waals surface area contributed by atoms with Gasteiger partial charge in [0.15, 0.2) is 0 Å². The molecule has 1 saturated heterocycles. The number of benzene rings is 2. The molecule has 4 N–H and O–H groups in total. The predicted octanol–water partition coefficient (Wildman–Crippen LogP) is 1.69. The molecule has 0 spiro atoms. The van der Waals surface area contributed by atoms with Gasteiger partial charge >= 0.3 is 0 Å². The average molecular weight is 459 g/mol. The number of nitrogens with two attached hydrogens (primary N) is 1. The molecular formula is C21H22N4O4S2. The number of rotatable bonds is 6. The molecule has 2 aromatic carbocycles. The number of aromatic amines is 1. The number of amides is 2. The van der Waals surface area contributed by atoms with Crippen molar-refractivity contribution in [3.8, 4) is 0 Å². The Morgan fingerprint density at radius 2 is 1.90 bits per heavy atom. The molecule has 31 heavy (non-hydrogen) atoms. The molecule has 0 saturated carbocycles. The number of hydrogen-bond donors (Lipinski definition) is 3. The predicted molar refractivity (Wildman–Crippen MR) is 120 cm³/mol. The van der Waals surface area contributed by atoms with Crippen molar-refractivity contribution < 1.29 is 18.0 Å². The van der Waals surface area contributed by atoms with Crippen molar-refractivity contribution in [1.82, 2.24) is 15.2 Å². The Labute approximate surface area is 184 Å². The second-order valence-corrected chi connectivity index (χ2v) is 9.83. The van der Waals surface area contributed by atoms with E-state index in [9.17, 15) is 18.0 Å². The van der Waals surface area contributed by atoms with Crippen LogP contribution in [-0.2, 0) is 21.2 Å². The Balaban J connectivity index is 1.37. The van der Waals surface area contributed by atoms with Gasteiger partial charge in [-0.15, -0.1) is 11.8 Å². The van der Waals surface area contributed by atoms with Gasteiger partial charge in [0.05, 0.1) is 16.3 Å². The third kappa shape index (κ3) is 4.60. The van der Waals surface area contributed by atoms with E-state index in [2.05, 4.69) is 10.3 Å². The minimum atomic E-state index is -3.72. The van der Waals surface area contributed by atoms with Crippen LogP contribution in [0.2, 0.25) is 0 Å². The summed E-state index contributed by atoms with van der Waals surface area (Å²) in [6, 6.07) is 13.3. The lowest BCUT2D eigenvalue weighted by Gasteiger charge is -2.23. The average Bonchev–Trinajstić information content (AvgIpc) is 3.40. The molecule has 10 heteroatoms. The summed E-state index contributed by atoms with van der Waals surface area (Å²) in [5.74, 6) is 0.648. The van der Waals surface area contributed by atoms with E-state index in [4.69, 9.17) is 5.14 Å². The number of nitrogens with zero attached hydrogens (tertiary/aromatic N) is 1. The number of H-pyrrole nitrogens is 1. The second kappa shape index (κ2) is 8.74. The summed E-state index contributed by atoms with van der Waals surface area (Å²) in [5.41, 5.74) is 2.32. The minimum Gasteiger partial charge on any atom is -0.360 e. The highest BCUT2D eigenvalue weighted by atomic mass is 32.2. The van der Waals surface area contributed by atoms with Gasteiger partial charge in [0.1, 0.15) is 6.04 Å². The summed E-state index contributed by atoms with van der Waals surface area (Å²) in [7, 11) is -3.72. The Morgan fingerprint density at radius 3 is 2.65 bits per heavy atom. The maximum atomic E-state index is 13.1. The Morgan fingerprint density at radius 1 is 1.16 bits per heavy atom. The fourth-order valence-corrected chi connectivity index (χ4v) is 5.23. The van der Waals surface area contributed by atoms with Gasteiger partial charge in [0.25, 0.3) is 5.91 Å².